The Morgan fingerprint density at radius 1 is 1.00 bits per heavy atom. The molecular weight excluding hydrogens is 184 g/mol. The smallest absolute Gasteiger partial charge is 0.111 e. The lowest BCUT2D eigenvalue weighted by Gasteiger charge is -2.39. The summed E-state index contributed by atoms with van der Waals surface area (Å²) in [4.78, 5) is 0. The van der Waals surface area contributed by atoms with Gasteiger partial charge in [-0.15, -0.1) is 0 Å². The topological polar surface area (TPSA) is 58.9 Å². The molecule has 0 saturated carbocycles. The minimum Gasteiger partial charge on any atom is -0.388 e. The Balaban J connectivity index is 0.000000791. The Hall–Kier alpha value is -0.160. The van der Waals surface area contributed by atoms with Gasteiger partial charge in [0.2, 0.25) is 0 Å². The molecule has 14 heavy (non-hydrogen) atoms. The van der Waals surface area contributed by atoms with Gasteiger partial charge < -0.3 is 19.7 Å². The van der Waals surface area contributed by atoms with E-state index in [0.717, 1.165) is 0 Å². The van der Waals surface area contributed by atoms with Crippen LogP contribution in [0.1, 0.15) is 27.7 Å². The number of rotatable bonds is 1. The van der Waals surface area contributed by atoms with E-state index < -0.39 is 18.3 Å². The van der Waals surface area contributed by atoms with Crippen LogP contribution in [0.3, 0.4) is 0 Å². The van der Waals surface area contributed by atoms with E-state index in [-0.39, 0.29) is 12.2 Å². The van der Waals surface area contributed by atoms with Crippen LogP contribution in [0.4, 0.5) is 0 Å². The summed E-state index contributed by atoms with van der Waals surface area (Å²) in [6.45, 7) is 7.55. The summed E-state index contributed by atoms with van der Waals surface area (Å²) in [6, 6.07) is 0. The van der Waals surface area contributed by atoms with Crippen molar-refractivity contribution < 1.29 is 19.7 Å². The maximum absolute atomic E-state index is 9.52. The van der Waals surface area contributed by atoms with Gasteiger partial charge in [0.15, 0.2) is 0 Å². The fourth-order valence-corrected chi connectivity index (χ4v) is 1.58. The summed E-state index contributed by atoms with van der Waals surface area (Å²) in [5, 5.41) is 18.9. The van der Waals surface area contributed by atoms with Crippen molar-refractivity contribution in [1.82, 2.24) is 0 Å². The van der Waals surface area contributed by atoms with E-state index in [2.05, 4.69) is 0 Å². The molecule has 0 radical (unpaired) electrons. The number of hydrogen-bond donors (Lipinski definition) is 2. The monoisotopic (exact) mass is 206 g/mol. The van der Waals surface area contributed by atoms with Crippen LogP contribution in [0, 0.1) is 0 Å². The normalized spacial score (nSPS) is 42.6. The Bertz CT molecular complexity index is 151. The van der Waals surface area contributed by atoms with Gasteiger partial charge in [-0.1, -0.05) is 13.8 Å². The van der Waals surface area contributed by atoms with Crippen LogP contribution in [0.5, 0.6) is 0 Å². The van der Waals surface area contributed by atoms with Gasteiger partial charge >= 0.3 is 0 Å². The van der Waals surface area contributed by atoms with Crippen LogP contribution < -0.4 is 0 Å². The lowest BCUT2D eigenvalue weighted by Crippen LogP contribution is -2.56. The van der Waals surface area contributed by atoms with Crippen molar-refractivity contribution in [3.05, 3.63) is 0 Å². The summed E-state index contributed by atoms with van der Waals surface area (Å²) in [5.74, 6) is 0. The van der Waals surface area contributed by atoms with Gasteiger partial charge in [-0.05, 0) is 13.8 Å². The predicted octanol–water partition coefficient (Wildman–Crippen LogP) is 0.557. The molecule has 86 valence electrons. The van der Waals surface area contributed by atoms with Crippen molar-refractivity contribution in [2.75, 3.05) is 7.11 Å². The summed E-state index contributed by atoms with van der Waals surface area (Å²) in [6.07, 6.45) is -2.65. The minimum absolute atomic E-state index is 0.177. The predicted molar refractivity (Wildman–Crippen MR) is 54.2 cm³/mol. The average Bonchev–Trinajstić information content (AvgIpc) is 2.18. The second kappa shape index (κ2) is 6.35. The Labute approximate surface area is 85.8 Å². The number of hydrogen-bond acceptors (Lipinski definition) is 4. The first-order valence-corrected chi connectivity index (χ1v) is 5.12. The van der Waals surface area contributed by atoms with Gasteiger partial charge in [-0.2, -0.15) is 0 Å². The average molecular weight is 206 g/mol. The largest absolute Gasteiger partial charge is 0.388 e. The van der Waals surface area contributed by atoms with E-state index >= 15 is 0 Å². The van der Waals surface area contributed by atoms with Crippen LogP contribution in [0.15, 0.2) is 0 Å². The molecule has 1 heterocycles. The van der Waals surface area contributed by atoms with Gasteiger partial charge in [-0.3, -0.25) is 0 Å². The lowest BCUT2D eigenvalue weighted by atomic mass is 9.96. The van der Waals surface area contributed by atoms with Crippen molar-refractivity contribution in [2.45, 2.75) is 58.2 Å². The third kappa shape index (κ3) is 2.92. The first-order chi connectivity index (χ1) is 6.57. The highest BCUT2D eigenvalue weighted by atomic mass is 16.6. The van der Waals surface area contributed by atoms with Crippen molar-refractivity contribution in [2.24, 2.45) is 0 Å². The number of ether oxygens (including phenoxy) is 2. The first-order valence-electron chi connectivity index (χ1n) is 5.12. The Morgan fingerprint density at radius 3 is 1.93 bits per heavy atom. The Kier molecular flexibility index (Phi) is 6.27. The van der Waals surface area contributed by atoms with Crippen molar-refractivity contribution in [3.8, 4) is 0 Å². The van der Waals surface area contributed by atoms with E-state index in [9.17, 15) is 10.2 Å². The summed E-state index contributed by atoms with van der Waals surface area (Å²) < 4.78 is 10.3. The van der Waals surface area contributed by atoms with Crippen molar-refractivity contribution in [3.63, 3.8) is 0 Å². The van der Waals surface area contributed by atoms with Gasteiger partial charge in [0.1, 0.15) is 18.3 Å². The summed E-state index contributed by atoms with van der Waals surface area (Å²) >= 11 is 0. The third-order valence-corrected chi connectivity index (χ3v) is 2.33. The second-order valence-corrected chi connectivity index (χ2v) is 3.23. The molecule has 5 unspecified atom stereocenters. The van der Waals surface area contributed by atoms with Crippen LogP contribution in [0.25, 0.3) is 0 Å². The SMILES string of the molecule is CC.COC1C(C)OC(C)C(O)C1O. The number of aliphatic hydroxyl groups excluding tert-OH is 2. The summed E-state index contributed by atoms with van der Waals surface area (Å²) in [5.41, 5.74) is 0. The lowest BCUT2D eigenvalue weighted by molar-refractivity contribution is -0.219. The van der Waals surface area contributed by atoms with Gasteiger partial charge in [0.05, 0.1) is 12.2 Å². The number of methoxy groups -OCH3 is 1. The molecule has 1 aliphatic heterocycles. The molecule has 0 aliphatic carbocycles. The fraction of sp³-hybridized carbons (Fsp3) is 1.00. The molecule has 4 heteroatoms. The van der Waals surface area contributed by atoms with Gasteiger partial charge in [0, 0.05) is 7.11 Å². The van der Waals surface area contributed by atoms with Crippen molar-refractivity contribution in [1.29, 1.82) is 0 Å². The van der Waals surface area contributed by atoms with E-state index in [1.54, 1.807) is 6.92 Å². The standard InChI is InChI=1S/C8H16O4.C2H6/c1-4-6(9)7(10)8(11-3)5(2)12-4;1-2/h4-10H,1-3H3;1-2H3. The molecule has 0 bridgehead atoms. The van der Waals surface area contributed by atoms with E-state index in [0.29, 0.717) is 0 Å². The zero-order valence-electron chi connectivity index (χ0n) is 9.60. The second-order valence-electron chi connectivity index (χ2n) is 3.23. The third-order valence-electron chi connectivity index (χ3n) is 2.33. The Morgan fingerprint density at radius 2 is 1.50 bits per heavy atom. The van der Waals surface area contributed by atoms with Crippen LogP contribution in [0.2, 0.25) is 0 Å². The maximum atomic E-state index is 9.52. The molecule has 5 atom stereocenters. The molecule has 0 aromatic carbocycles. The molecule has 1 saturated heterocycles. The zero-order chi connectivity index (χ0) is 11.3. The van der Waals surface area contributed by atoms with E-state index in [1.165, 1.54) is 7.11 Å². The molecular formula is C10H22O4. The van der Waals surface area contributed by atoms with E-state index in [4.69, 9.17) is 9.47 Å². The van der Waals surface area contributed by atoms with Gasteiger partial charge in [-0.25, -0.2) is 0 Å². The van der Waals surface area contributed by atoms with Crippen LogP contribution in [-0.4, -0.2) is 47.8 Å². The molecule has 1 rings (SSSR count). The molecule has 2 N–H and O–H groups in total. The molecule has 1 fully saturated rings. The summed E-state index contributed by atoms with van der Waals surface area (Å²) in [7, 11) is 1.50. The molecule has 0 spiro atoms. The van der Waals surface area contributed by atoms with Crippen molar-refractivity contribution >= 4 is 0 Å². The van der Waals surface area contributed by atoms with Crippen LogP contribution >= 0.6 is 0 Å². The molecule has 0 aromatic heterocycles. The molecule has 0 aromatic rings. The fourth-order valence-electron chi connectivity index (χ4n) is 1.58. The molecule has 0 amide bonds. The minimum atomic E-state index is -0.855. The molecule has 1 aliphatic rings. The van der Waals surface area contributed by atoms with Crippen LogP contribution in [-0.2, 0) is 9.47 Å². The maximum Gasteiger partial charge on any atom is 0.111 e. The highest BCUT2D eigenvalue weighted by Crippen LogP contribution is 2.22. The molecule has 4 nitrogen and oxygen atoms in total. The van der Waals surface area contributed by atoms with E-state index in [1.807, 2.05) is 20.8 Å². The highest BCUT2D eigenvalue weighted by Gasteiger charge is 2.40. The highest BCUT2D eigenvalue weighted by molar-refractivity contribution is 4.89. The van der Waals surface area contributed by atoms with Gasteiger partial charge in [0.25, 0.3) is 0 Å². The zero-order valence-corrected chi connectivity index (χ0v) is 9.60. The number of aliphatic hydroxyl groups is 2. The first kappa shape index (κ1) is 13.8. The quantitative estimate of drug-likeness (QED) is 0.658.